The fraction of sp³-hybridized carbons (Fsp3) is 0.500. The molecular formula is C14H18BrNO3. The Morgan fingerprint density at radius 2 is 2.37 bits per heavy atom. The van der Waals surface area contributed by atoms with Gasteiger partial charge in [0.05, 0.1) is 12.7 Å². The number of aliphatic carboxylic acids is 1. The van der Waals surface area contributed by atoms with Crippen LogP contribution >= 0.6 is 15.9 Å². The Bertz CT molecular complexity index is 464. The smallest absolute Gasteiger partial charge is 0.303 e. The zero-order chi connectivity index (χ0) is 13.8. The van der Waals surface area contributed by atoms with Crippen LogP contribution < -0.4 is 4.90 Å². The summed E-state index contributed by atoms with van der Waals surface area (Å²) < 4.78 is 6.71. The van der Waals surface area contributed by atoms with Crippen molar-refractivity contribution in [1.29, 1.82) is 0 Å². The molecule has 0 saturated carbocycles. The average molecular weight is 328 g/mol. The number of hydrogen-bond acceptors (Lipinski definition) is 3. The third-order valence-electron chi connectivity index (χ3n) is 3.34. The standard InChI is InChI=1S/C14H18BrNO3/c1-10-2-3-11(8-13(10)15)16-6-7-19-12(9-16)4-5-14(17)18/h2-3,8,12H,4-7,9H2,1H3,(H,17,18). The lowest BCUT2D eigenvalue weighted by Gasteiger charge is -2.34. The molecule has 1 heterocycles. The maximum atomic E-state index is 10.6. The number of carbonyl (C=O) groups is 1. The van der Waals surface area contributed by atoms with Crippen LogP contribution in [0.15, 0.2) is 22.7 Å². The molecule has 1 unspecified atom stereocenters. The van der Waals surface area contributed by atoms with Crippen molar-refractivity contribution < 1.29 is 14.6 Å². The van der Waals surface area contributed by atoms with Crippen LogP contribution in [0.5, 0.6) is 0 Å². The molecule has 104 valence electrons. The normalized spacial score (nSPS) is 19.5. The van der Waals surface area contributed by atoms with Crippen LogP contribution in [0.1, 0.15) is 18.4 Å². The molecular weight excluding hydrogens is 310 g/mol. The van der Waals surface area contributed by atoms with E-state index in [1.807, 2.05) is 0 Å². The van der Waals surface area contributed by atoms with E-state index >= 15 is 0 Å². The van der Waals surface area contributed by atoms with Gasteiger partial charge in [-0.2, -0.15) is 0 Å². The lowest BCUT2D eigenvalue weighted by molar-refractivity contribution is -0.137. The van der Waals surface area contributed by atoms with Crippen LogP contribution in [-0.2, 0) is 9.53 Å². The Labute approximate surface area is 121 Å². The Morgan fingerprint density at radius 3 is 3.05 bits per heavy atom. The van der Waals surface area contributed by atoms with Gasteiger partial charge in [0.15, 0.2) is 0 Å². The molecule has 1 aromatic carbocycles. The summed E-state index contributed by atoms with van der Waals surface area (Å²) in [6, 6.07) is 6.29. The highest BCUT2D eigenvalue weighted by Gasteiger charge is 2.21. The van der Waals surface area contributed by atoms with Gasteiger partial charge in [0.2, 0.25) is 0 Å². The molecule has 0 bridgehead atoms. The van der Waals surface area contributed by atoms with Crippen LogP contribution in [0, 0.1) is 6.92 Å². The SMILES string of the molecule is Cc1ccc(N2CCOC(CCC(=O)O)C2)cc1Br. The summed E-state index contributed by atoms with van der Waals surface area (Å²) in [5.41, 5.74) is 2.36. The van der Waals surface area contributed by atoms with E-state index in [1.165, 1.54) is 5.56 Å². The number of aryl methyl sites for hydroxylation is 1. The van der Waals surface area contributed by atoms with Crippen molar-refractivity contribution in [2.24, 2.45) is 0 Å². The van der Waals surface area contributed by atoms with Crippen molar-refractivity contribution in [3.05, 3.63) is 28.2 Å². The number of carboxylic acid groups (broad SMARTS) is 1. The van der Waals surface area contributed by atoms with Gasteiger partial charge in [-0.1, -0.05) is 22.0 Å². The topological polar surface area (TPSA) is 49.8 Å². The van der Waals surface area contributed by atoms with Gasteiger partial charge in [0, 0.05) is 29.7 Å². The van der Waals surface area contributed by atoms with E-state index in [4.69, 9.17) is 9.84 Å². The highest BCUT2D eigenvalue weighted by Crippen LogP contribution is 2.25. The maximum Gasteiger partial charge on any atom is 0.303 e. The molecule has 19 heavy (non-hydrogen) atoms. The van der Waals surface area contributed by atoms with Gasteiger partial charge in [-0.15, -0.1) is 0 Å². The van der Waals surface area contributed by atoms with Gasteiger partial charge in [-0.05, 0) is 31.0 Å². The summed E-state index contributed by atoms with van der Waals surface area (Å²) in [6.45, 7) is 4.31. The van der Waals surface area contributed by atoms with Gasteiger partial charge >= 0.3 is 5.97 Å². The minimum Gasteiger partial charge on any atom is -0.481 e. The van der Waals surface area contributed by atoms with Crippen molar-refractivity contribution >= 4 is 27.6 Å². The van der Waals surface area contributed by atoms with Gasteiger partial charge in [0.1, 0.15) is 0 Å². The highest BCUT2D eigenvalue weighted by molar-refractivity contribution is 9.10. The quantitative estimate of drug-likeness (QED) is 0.923. The van der Waals surface area contributed by atoms with Crippen LogP contribution in [-0.4, -0.2) is 36.9 Å². The number of carboxylic acids is 1. The van der Waals surface area contributed by atoms with Crippen LogP contribution in [0.3, 0.4) is 0 Å². The summed E-state index contributed by atoms with van der Waals surface area (Å²) in [5.74, 6) is -0.765. The highest BCUT2D eigenvalue weighted by atomic mass is 79.9. The maximum absolute atomic E-state index is 10.6. The third-order valence-corrected chi connectivity index (χ3v) is 4.19. The van der Waals surface area contributed by atoms with Crippen molar-refractivity contribution in [3.63, 3.8) is 0 Å². The number of ether oxygens (including phenoxy) is 1. The first-order chi connectivity index (χ1) is 9.06. The summed E-state index contributed by atoms with van der Waals surface area (Å²) in [4.78, 5) is 12.9. The predicted molar refractivity (Wildman–Crippen MR) is 77.7 cm³/mol. The molecule has 1 aliphatic heterocycles. The third kappa shape index (κ3) is 3.94. The first kappa shape index (κ1) is 14.3. The Hall–Kier alpha value is -1.07. The van der Waals surface area contributed by atoms with E-state index in [0.717, 1.165) is 23.2 Å². The van der Waals surface area contributed by atoms with Gasteiger partial charge in [-0.3, -0.25) is 4.79 Å². The predicted octanol–water partition coefficient (Wildman–Crippen LogP) is 2.83. The fourth-order valence-electron chi connectivity index (χ4n) is 2.19. The molecule has 1 fully saturated rings. The van der Waals surface area contributed by atoms with Crippen LogP contribution in [0.4, 0.5) is 5.69 Å². The average Bonchev–Trinajstić information content (AvgIpc) is 2.40. The van der Waals surface area contributed by atoms with Crippen molar-refractivity contribution in [2.75, 3.05) is 24.6 Å². The number of hydrogen-bond donors (Lipinski definition) is 1. The van der Waals surface area contributed by atoms with Crippen molar-refractivity contribution in [1.82, 2.24) is 0 Å². The summed E-state index contributed by atoms with van der Waals surface area (Å²) in [6.07, 6.45) is 0.736. The number of morpholine rings is 1. The number of halogens is 1. The first-order valence-electron chi connectivity index (χ1n) is 6.41. The molecule has 1 saturated heterocycles. The van der Waals surface area contributed by atoms with Crippen molar-refractivity contribution in [3.8, 4) is 0 Å². The lowest BCUT2D eigenvalue weighted by Crippen LogP contribution is -2.42. The van der Waals surface area contributed by atoms with Crippen LogP contribution in [0.25, 0.3) is 0 Å². The second-order valence-electron chi connectivity index (χ2n) is 4.80. The first-order valence-corrected chi connectivity index (χ1v) is 7.20. The van der Waals surface area contributed by atoms with E-state index in [-0.39, 0.29) is 12.5 Å². The Kier molecular flexibility index (Phi) is 4.82. The molecule has 1 aliphatic rings. The molecule has 1 aromatic rings. The fourth-order valence-corrected chi connectivity index (χ4v) is 2.56. The monoisotopic (exact) mass is 327 g/mol. The van der Waals surface area contributed by atoms with E-state index in [1.54, 1.807) is 0 Å². The Balaban J connectivity index is 2.00. The van der Waals surface area contributed by atoms with Gasteiger partial charge < -0.3 is 14.7 Å². The molecule has 1 N–H and O–H groups in total. The number of benzene rings is 1. The van der Waals surface area contributed by atoms with E-state index in [2.05, 4.69) is 46.0 Å². The molecule has 0 amide bonds. The molecule has 4 nitrogen and oxygen atoms in total. The minimum atomic E-state index is -0.765. The van der Waals surface area contributed by atoms with Crippen LogP contribution in [0.2, 0.25) is 0 Å². The number of rotatable bonds is 4. The van der Waals surface area contributed by atoms with E-state index in [0.29, 0.717) is 13.0 Å². The van der Waals surface area contributed by atoms with E-state index < -0.39 is 5.97 Å². The van der Waals surface area contributed by atoms with Gasteiger partial charge in [-0.25, -0.2) is 0 Å². The number of nitrogens with zero attached hydrogens (tertiary/aromatic N) is 1. The van der Waals surface area contributed by atoms with E-state index in [9.17, 15) is 4.79 Å². The zero-order valence-electron chi connectivity index (χ0n) is 10.9. The molecule has 0 aliphatic carbocycles. The summed E-state index contributed by atoms with van der Waals surface area (Å²) >= 11 is 3.54. The summed E-state index contributed by atoms with van der Waals surface area (Å²) in [7, 11) is 0. The Morgan fingerprint density at radius 1 is 1.58 bits per heavy atom. The van der Waals surface area contributed by atoms with Gasteiger partial charge in [0.25, 0.3) is 0 Å². The molecule has 5 heteroatoms. The molecule has 1 atom stereocenters. The second kappa shape index (κ2) is 6.39. The molecule has 2 rings (SSSR count). The lowest BCUT2D eigenvalue weighted by atomic mass is 10.1. The molecule has 0 spiro atoms. The zero-order valence-corrected chi connectivity index (χ0v) is 12.5. The van der Waals surface area contributed by atoms with Crippen molar-refractivity contribution in [2.45, 2.75) is 25.9 Å². The molecule has 0 aromatic heterocycles. The number of anilines is 1. The largest absolute Gasteiger partial charge is 0.481 e. The second-order valence-corrected chi connectivity index (χ2v) is 5.66. The molecule has 0 radical (unpaired) electrons. The minimum absolute atomic E-state index is 0.00456. The summed E-state index contributed by atoms with van der Waals surface area (Å²) in [5, 5.41) is 8.72.